The molecule has 1 heterocycles. The number of nitrogens with zero attached hydrogens (tertiary/aromatic N) is 3. The van der Waals surface area contributed by atoms with Crippen LogP contribution in [0.25, 0.3) is 11.0 Å². The van der Waals surface area contributed by atoms with Crippen LogP contribution in [0.4, 0.5) is 5.69 Å². The number of imidazole rings is 1. The summed E-state index contributed by atoms with van der Waals surface area (Å²) in [5.41, 5.74) is 3.43. The molecule has 0 atom stereocenters. The summed E-state index contributed by atoms with van der Waals surface area (Å²) >= 11 is 0. The van der Waals surface area contributed by atoms with E-state index in [0.29, 0.717) is 18.4 Å². The summed E-state index contributed by atoms with van der Waals surface area (Å²) in [6.07, 6.45) is 2.78. The van der Waals surface area contributed by atoms with Crippen LogP contribution in [0, 0.1) is 6.92 Å². The van der Waals surface area contributed by atoms with Gasteiger partial charge in [-0.15, -0.1) is 0 Å². The average molecular weight is 443 g/mol. The fourth-order valence-corrected chi connectivity index (χ4v) is 4.30. The molecule has 1 aromatic heterocycles. The molecule has 0 aliphatic heterocycles. The molecule has 0 aliphatic rings. The molecule has 0 spiro atoms. The Kier molecular flexibility index (Phi) is 7.12. The Morgan fingerprint density at radius 3 is 2.48 bits per heavy atom. The van der Waals surface area contributed by atoms with Crippen molar-refractivity contribution in [1.82, 2.24) is 13.9 Å². The highest BCUT2D eigenvalue weighted by molar-refractivity contribution is 7.89. The summed E-state index contributed by atoms with van der Waals surface area (Å²) in [4.78, 5) is 17.3. The first-order valence-corrected chi connectivity index (χ1v) is 11.9. The summed E-state index contributed by atoms with van der Waals surface area (Å²) < 4.78 is 28.3. The predicted octanol–water partition coefficient (Wildman–Crippen LogP) is 3.97. The van der Waals surface area contributed by atoms with Crippen LogP contribution in [0.2, 0.25) is 0 Å². The van der Waals surface area contributed by atoms with E-state index in [1.165, 1.54) is 18.4 Å². The van der Waals surface area contributed by atoms with Gasteiger partial charge in [-0.05, 0) is 43.7 Å². The van der Waals surface area contributed by atoms with E-state index in [1.807, 2.05) is 37.3 Å². The van der Waals surface area contributed by atoms with Crippen LogP contribution in [-0.2, 0) is 27.8 Å². The van der Waals surface area contributed by atoms with Crippen LogP contribution in [0.1, 0.15) is 37.6 Å². The van der Waals surface area contributed by atoms with Crippen molar-refractivity contribution in [2.24, 2.45) is 0 Å². The number of aryl methyl sites for hydroxylation is 3. The topological polar surface area (TPSA) is 84.3 Å². The van der Waals surface area contributed by atoms with E-state index < -0.39 is 10.0 Å². The van der Waals surface area contributed by atoms with Gasteiger partial charge < -0.3 is 9.88 Å². The van der Waals surface area contributed by atoms with Crippen molar-refractivity contribution in [3.05, 3.63) is 53.9 Å². The lowest BCUT2D eigenvalue weighted by Crippen LogP contribution is -2.22. The van der Waals surface area contributed by atoms with Crippen LogP contribution in [0.5, 0.6) is 0 Å². The van der Waals surface area contributed by atoms with Crippen molar-refractivity contribution in [3.8, 4) is 0 Å². The number of sulfonamides is 1. The van der Waals surface area contributed by atoms with E-state index in [1.54, 1.807) is 12.1 Å². The second kappa shape index (κ2) is 9.62. The molecule has 0 radical (unpaired) electrons. The minimum absolute atomic E-state index is 0.0752. The van der Waals surface area contributed by atoms with E-state index in [4.69, 9.17) is 0 Å². The first kappa shape index (κ1) is 23.0. The number of nitrogens with one attached hydrogen (secondary N) is 1. The lowest BCUT2D eigenvalue weighted by molar-refractivity contribution is -0.116. The van der Waals surface area contributed by atoms with Crippen LogP contribution in [-0.4, -0.2) is 42.3 Å². The van der Waals surface area contributed by atoms with Gasteiger partial charge in [-0.2, -0.15) is 0 Å². The van der Waals surface area contributed by atoms with Crippen molar-refractivity contribution >= 4 is 32.7 Å². The van der Waals surface area contributed by atoms with Gasteiger partial charge in [-0.25, -0.2) is 17.7 Å². The zero-order valence-electron chi connectivity index (χ0n) is 18.6. The molecular weight excluding hydrogens is 412 g/mol. The zero-order valence-corrected chi connectivity index (χ0v) is 19.4. The average Bonchev–Trinajstić information content (AvgIpc) is 3.09. The minimum Gasteiger partial charge on any atom is -0.328 e. The first-order valence-electron chi connectivity index (χ1n) is 10.5. The minimum atomic E-state index is -3.53. The number of aromatic nitrogens is 2. The summed E-state index contributed by atoms with van der Waals surface area (Å²) in [5, 5.41) is 2.92. The Balaban J connectivity index is 1.83. The van der Waals surface area contributed by atoms with Crippen molar-refractivity contribution in [2.45, 2.75) is 51.0 Å². The van der Waals surface area contributed by atoms with Crippen molar-refractivity contribution < 1.29 is 13.2 Å². The third-order valence-corrected chi connectivity index (χ3v) is 7.03. The van der Waals surface area contributed by atoms with Gasteiger partial charge in [0, 0.05) is 39.2 Å². The van der Waals surface area contributed by atoms with Gasteiger partial charge in [-0.3, -0.25) is 4.79 Å². The highest BCUT2D eigenvalue weighted by Gasteiger charge is 2.20. The van der Waals surface area contributed by atoms with Crippen LogP contribution >= 0.6 is 0 Å². The molecule has 0 aliphatic carbocycles. The number of unbranched alkanes of at least 4 members (excludes halogenated alkanes) is 1. The predicted molar refractivity (Wildman–Crippen MR) is 124 cm³/mol. The Labute approximate surface area is 184 Å². The number of carbonyl (C=O) groups excluding carboxylic acids is 1. The van der Waals surface area contributed by atoms with Crippen LogP contribution in [0.3, 0.4) is 0 Å². The molecule has 2 aromatic carbocycles. The normalized spacial score (nSPS) is 11.9. The number of rotatable bonds is 9. The molecule has 7 nitrogen and oxygen atoms in total. The monoisotopic (exact) mass is 442 g/mol. The number of anilines is 1. The zero-order chi connectivity index (χ0) is 22.6. The standard InChI is InChI=1S/C23H30N4O3S/c1-5-6-15-27-21-12-11-19(31(29,30)26(3)4)16-20(21)25-22(27)13-14-23(28)24-18-9-7-17(2)8-10-18/h7-12,16H,5-6,13-15H2,1-4H3,(H,24,28). The third-order valence-electron chi connectivity index (χ3n) is 5.22. The Morgan fingerprint density at radius 1 is 1.13 bits per heavy atom. The second-order valence-corrected chi connectivity index (χ2v) is 10.0. The van der Waals surface area contributed by atoms with E-state index >= 15 is 0 Å². The molecule has 0 unspecified atom stereocenters. The molecule has 166 valence electrons. The Hall–Kier alpha value is -2.71. The lowest BCUT2D eigenvalue weighted by Gasteiger charge is -2.11. The smallest absolute Gasteiger partial charge is 0.242 e. The fourth-order valence-electron chi connectivity index (χ4n) is 3.37. The molecule has 1 N–H and O–H groups in total. The van der Waals surface area contributed by atoms with E-state index in [-0.39, 0.29) is 10.8 Å². The molecule has 3 rings (SSSR count). The number of hydrogen-bond acceptors (Lipinski definition) is 4. The largest absolute Gasteiger partial charge is 0.328 e. The summed E-state index contributed by atoms with van der Waals surface area (Å²) in [5.74, 6) is 0.718. The van der Waals surface area contributed by atoms with Crippen LogP contribution in [0.15, 0.2) is 47.4 Å². The van der Waals surface area contributed by atoms with Gasteiger partial charge in [0.05, 0.1) is 15.9 Å². The van der Waals surface area contributed by atoms with Gasteiger partial charge in [-0.1, -0.05) is 31.0 Å². The van der Waals surface area contributed by atoms with Crippen molar-refractivity contribution in [1.29, 1.82) is 0 Å². The second-order valence-electron chi connectivity index (χ2n) is 7.89. The molecule has 0 fully saturated rings. The first-order chi connectivity index (χ1) is 14.7. The highest BCUT2D eigenvalue weighted by atomic mass is 32.2. The lowest BCUT2D eigenvalue weighted by atomic mass is 10.2. The summed E-state index contributed by atoms with van der Waals surface area (Å²) in [7, 11) is -0.510. The van der Waals surface area contributed by atoms with Gasteiger partial charge in [0.1, 0.15) is 5.82 Å². The molecule has 3 aromatic rings. The Bertz CT molecular complexity index is 1170. The quantitative estimate of drug-likeness (QED) is 0.543. The Morgan fingerprint density at radius 2 is 1.84 bits per heavy atom. The van der Waals surface area contributed by atoms with Gasteiger partial charge in [0.25, 0.3) is 0 Å². The van der Waals surface area contributed by atoms with Crippen LogP contribution < -0.4 is 5.32 Å². The van der Waals surface area contributed by atoms with Crippen molar-refractivity contribution in [3.63, 3.8) is 0 Å². The van der Waals surface area contributed by atoms with E-state index in [0.717, 1.165) is 42.0 Å². The maximum Gasteiger partial charge on any atom is 0.242 e. The number of fused-ring (bicyclic) bond motifs is 1. The van der Waals surface area contributed by atoms with Gasteiger partial charge in [0.15, 0.2) is 0 Å². The summed E-state index contributed by atoms with van der Waals surface area (Å²) in [6.45, 7) is 4.90. The highest BCUT2D eigenvalue weighted by Crippen LogP contribution is 2.23. The van der Waals surface area contributed by atoms with E-state index in [2.05, 4.69) is 21.8 Å². The molecule has 1 amide bonds. The number of amides is 1. The number of carbonyl (C=O) groups is 1. The van der Waals surface area contributed by atoms with Gasteiger partial charge in [0.2, 0.25) is 15.9 Å². The molecule has 0 bridgehead atoms. The molecule has 0 saturated carbocycles. The third kappa shape index (κ3) is 5.32. The number of hydrogen-bond donors (Lipinski definition) is 1. The molecule has 31 heavy (non-hydrogen) atoms. The van der Waals surface area contributed by atoms with Gasteiger partial charge >= 0.3 is 0 Å². The molecular formula is C23H30N4O3S. The maximum atomic E-state index is 12.5. The fraction of sp³-hybridized carbons (Fsp3) is 0.391. The van der Waals surface area contributed by atoms with Crippen molar-refractivity contribution in [2.75, 3.05) is 19.4 Å². The molecule has 8 heteroatoms. The maximum absolute atomic E-state index is 12.5. The molecule has 0 saturated heterocycles. The SMILES string of the molecule is CCCCn1c(CCC(=O)Nc2ccc(C)cc2)nc2cc(S(=O)(=O)N(C)C)ccc21. The summed E-state index contributed by atoms with van der Waals surface area (Å²) in [6, 6.07) is 12.7. The number of benzene rings is 2. The van der Waals surface area contributed by atoms with E-state index in [9.17, 15) is 13.2 Å².